The summed E-state index contributed by atoms with van der Waals surface area (Å²) in [6.07, 6.45) is 6.69. The fourth-order valence-electron chi connectivity index (χ4n) is 7.02. The summed E-state index contributed by atoms with van der Waals surface area (Å²) in [6.45, 7) is 22.4. The van der Waals surface area contributed by atoms with Crippen molar-refractivity contribution in [1.82, 2.24) is 9.80 Å². The van der Waals surface area contributed by atoms with Gasteiger partial charge in [-0.3, -0.25) is 9.69 Å². The molecule has 0 bridgehead atoms. The number of amides is 1. The molecule has 1 amide bonds. The van der Waals surface area contributed by atoms with Crippen molar-refractivity contribution in [3.8, 4) is 0 Å². The predicted octanol–water partition coefficient (Wildman–Crippen LogP) is 5.27. The monoisotopic (exact) mass is 734 g/mol. The quantitative estimate of drug-likeness (QED) is 0.0874. The van der Waals surface area contributed by atoms with Crippen molar-refractivity contribution in [2.45, 2.75) is 142 Å². The first kappa shape index (κ1) is 43.7. The van der Waals surface area contributed by atoms with Gasteiger partial charge in [0.05, 0.1) is 24.2 Å². The Bertz CT molecular complexity index is 1260. The van der Waals surface area contributed by atoms with Crippen LogP contribution in [0.3, 0.4) is 0 Å². The summed E-state index contributed by atoms with van der Waals surface area (Å²) in [5.74, 6) is -0.232. The van der Waals surface area contributed by atoms with Gasteiger partial charge in [0.25, 0.3) is 0 Å². The van der Waals surface area contributed by atoms with Crippen LogP contribution < -0.4 is 0 Å². The molecule has 3 aliphatic rings. The molecular weight excluding hydrogens is 668 g/mol. The summed E-state index contributed by atoms with van der Waals surface area (Å²) >= 11 is 0. The molecule has 10 unspecified atom stereocenters. The van der Waals surface area contributed by atoms with E-state index in [2.05, 4.69) is 11.5 Å². The zero-order valence-electron chi connectivity index (χ0n) is 32.8. The minimum atomic E-state index is -1.15. The lowest BCUT2D eigenvalue weighted by Crippen LogP contribution is -2.52. The molecular formula is C40H66N2O10. The maximum atomic E-state index is 13.6. The lowest BCUT2D eigenvalue weighted by atomic mass is 9.86. The van der Waals surface area contributed by atoms with Crippen molar-refractivity contribution in [2.24, 2.45) is 11.8 Å². The van der Waals surface area contributed by atoms with Gasteiger partial charge in [0.1, 0.15) is 17.5 Å². The average Bonchev–Trinajstić information content (AvgIpc) is 3.85. The van der Waals surface area contributed by atoms with E-state index in [1.165, 1.54) is 0 Å². The Kier molecular flexibility index (Phi) is 16.9. The number of allylic oxidation sites excluding steroid dienone is 1. The summed E-state index contributed by atoms with van der Waals surface area (Å²) < 4.78 is 30.1. The van der Waals surface area contributed by atoms with E-state index in [0.717, 1.165) is 17.9 Å². The van der Waals surface area contributed by atoms with Crippen LogP contribution >= 0.6 is 0 Å². The number of ether oxygens (including phenoxy) is 5. The lowest BCUT2D eigenvalue weighted by molar-refractivity contribution is -0.222. The van der Waals surface area contributed by atoms with Gasteiger partial charge in [-0.15, -0.1) is 6.58 Å². The molecule has 296 valence electrons. The van der Waals surface area contributed by atoms with Crippen LogP contribution in [-0.2, 0) is 28.5 Å². The number of nitrogens with zero attached hydrogens (tertiary/aromatic N) is 2. The highest BCUT2D eigenvalue weighted by atomic mass is 16.7. The molecule has 2 fully saturated rings. The highest BCUT2D eigenvalue weighted by molar-refractivity contribution is 5.70. The Labute approximate surface area is 311 Å². The summed E-state index contributed by atoms with van der Waals surface area (Å²) in [4.78, 5) is 30.7. The first-order chi connectivity index (χ1) is 24.5. The lowest BCUT2D eigenvalue weighted by Gasteiger charge is -2.40. The standard InChI is InChI=1S/C40H66N2O10/c1-10-20-41-21-23-42(24-22-41)38(46)50-34-16-15-28(5)36(51-35(45)25-31(43)17-19-40(34,9)52-30(7)48-12-3)27(4)14-13-18-39(8,47)26-33-37(49-33)29(6)32(44)11-2/h10,13,15-16,18,27-28,30-34,36,43-44,47H,1,11-12,14,17,19-26H2,2-9H3. The number of cyclic esters (lactones) is 1. The van der Waals surface area contributed by atoms with E-state index in [1.54, 1.807) is 24.8 Å². The molecule has 0 aliphatic carbocycles. The van der Waals surface area contributed by atoms with Gasteiger partial charge in [-0.05, 0) is 77.9 Å². The molecule has 0 aromatic carbocycles. The highest BCUT2D eigenvalue weighted by Gasteiger charge is 2.42. The van der Waals surface area contributed by atoms with Gasteiger partial charge in [0.15, 0.2) is 18.5 Å². The molecule has 2 saturated heterocycles. The van der Waals surface area contributed by atoms with Crippen LogP contribution in [0.15, 0.2) is 48.3 Å². The van der Waals surface area contributed by atoms with Gasteiger partial charge in [-0.2, -0.15) is 0 Å². The second-order valence-corrected chi connectivity index (χ2v) is 15.2. The number of esters is 1. The fourth-order valence-corrected chi connectivity index (χ4v) is 7.02. The van der Waals surface area contributed by atoms with Crippen LogP contribution in [0.25, 0.3) is 0 Å². The van der Waals surface area contributed by atoms with E-state index < -0.39 is 54.0 Å². The number of carbonyl (C=O) groups is 2. The number of epoxide rings is 1. The maximum absolute atomic E-state index is 13.6. The molecule has 3 heterocycles. The van der Waals surface area contributed by atoms with Crippen LogP contribution in [-0.4, -0.2) is 125 Å². The SMILES string of the molecule is C=CCN1CCN(C(=O)OC2C=CC(C)C(C(C)CC=CC(C)(O)CC3OC3=C(C)C(O)CC)OC(=O)CC(O)CCC2(C)OC(C)OCC)CC1. The van der Waals surface area contributed by atoms with Gasteiger partial charge in [-0.25, -0.2) is 4.79 Å². The van der Waals surface area contributed by atoms with Gasteiger partial charge in [0.2, 0.25) is 0 Å². The smallest absolute Gasteiger partial charge is 0.410 e. The maximum Gasteiger partial charge on any atom is 0.410 e. The van der Waals surface area contributed by atoms with Crippen molar-refractivity contribution >= 4 is 12.1 Å². The molecule has 0 aromatic heterocycles. The number of hydrogen-bond acceptors (Lipinski definition) is 11. The van der Waals surface area contributed by atoms with E-state index in [0.29, 0.717) is 52.0 Å². The normalized spacial score (nSPS) is 31.6. The Balaban J connectivity index is 1.81. The van der Waals surface area contributed by atoms with Gasteiger partial charge < -0.3 is 43.9 Å². The van der Waals surface area contributed by atoms with Crippen molar-refractivity contribution in [3.05, 3.63) is 48.3 Å². The van der Waals surface area contributed by atoms with E-state index in [-0.39, 0.29) is 37.2 Å². The van der Waals surface area contributed by atoms with E-state index in [1.807, 2.05) is 65.8 Å². The molecule has 12 heteroatoms. The highest BCUT2D eigenvalue weighted by Crippen LogP contribution is 2.38. The number of aliphatic hydroxyl groups is 3. The largest absolute Gasteiger partial charge is 0.483 e. The van der Waals surface area contributed by atoms with Crippen LogP contribution in [0.5, 0.6) is 0 Å². The second kappa shape index (κ2) is 20.1. The van der Waals surface area contributed by atoms with E-state index in [9.17, 15) is 24.9 Å². The predicted molar refractivity (Wildman–Crippen MR) is 199 cm³/mol. The topological polar surface area (TPSA) is 151 Å². The van der Waals surface area contributed by atoms with Gasteiger partial charge >= 0.3 is 12.1 Å². The summed E-state index contributed by atoms with van der Waals surface area (Å²) in [6, 6.07) is 0. The number of piperazine rings is 1. The fraction of sp³-hybridized carbons (Fsp3) is 0.750. The third-order valence-electron chi connectivity index (χ3n) is 10.4. The second-order valence-electron chi connectivity index (χ2n) is 15.2. The molecule has 0 aromatic rings. The van der Waals surface area contributed by atoms with E-state index >= 15 is 0 Å². The first-order valence-electron chi connectivity index (χ1n) is 19.1. The first-order valence-corrected chi connectivity index (χ1v) is 19.1. The summed E-state index contributed by atoms with van der Waals surface area (Å²) in [7, 11) is 0. The van der Waals surface area contributed by atoms with Gasteiger partial charge in [0, 0.05) is 51.7 Å². The molecule has 10 atom stereocenters. The summed E-state index contributed by atoms with van der Waals surface area (Å²) in [5.41, 5.74) is -1.44. The molecule has 52 heavy (non-hydrogen) atoms. The Hall–Kier alpha value is -2.74. The molecule has 0 radical (unpaired) electrons. The minimum Gasteiger partial charge on any atom is -0.483 e. The minimum absolute atomic E-state index is 0.168. The van der Waals surface area contributed by atoms with Crippen molar-refractivity contribution < 1.29 is 48.6 Å². The summed E-state index contributed by atoms with van der Waals surface area (Å²) in [5, 5.41) is 32.2. The molecule has 3 N–H and O–H groups in total. The van der Waals surface area contributed by atoms with Crippen LogP contribution in [0.2, 0.25) is 0 Å². The van der Waals surface area contributed by atoms with Crippen LogP contribution in [0.1, 0.15) is 93.9 Å². The number of carbonyl (C=O) groups excluding carboxylic acids is 2. The zero-order chi connectivity index (χ0) is 38.6. The molecule has 3 aliphatic heterocycles. The Morgan fingerprint density at radius 1 is 1.19 bits per heavy atom. The van der Waals surface area contributed by atoms with E-state index in [4.69, 9.17) is 23.7 Å². The zero-order valence-corrected chi connectivity index (χ0v) is 32.8. The number of rotatable bonds is 15. The molecule has 0 saturated carbocycles. The number of hydrogen-bond donors (Lipinski definition) is 3. The third kappa shape index (κ3) is 13.3. The molecule has 3 rings (SSSR count). The van der Waals surface area contributed by atoms with Gasteiger partial charge in [-0.1, -0.05) is 45.1 Å². The molecule has 12 nitrogen and oxygen atoms in total. The average molecular weight is 735 g/mol. The molecule has 0 spiro atoms. The Morgan fingerprint density at radius 3 is 2.52 bits per heavy atom. The van der Waals surface area contributed by atoms with Crippen molar-refractivity contribution in [1.29, 1.82) is 0 Å². The third-order valence-corrected chi connectivity index (χ3v) is 10.4. The van der Waals surface area contributed by atoms with Crippen LogP contribution in [0.4, 0.5) is 4.79 Å². The van der Waals surface area contributed by atoms with Crippen molar-refractivity contribution in [3.63, 3.8) is 0 Å². The number of aliphatic hydroxyl groups excluding tert-OH is 2. The Morgan fingerprint density at radius 2 is 1.88 bits per heavy atom. The van der Waals surface area contributed by atoms with Crippen LogP contribution in [0, 0.1) is 11.8 Å². The van der Waals surface area contributed by atoms with Crippen molar-refractivity contribution in [2.75, 3.05) is 39.3 Å².